The lowest BCUT2D eigenvalue weighted by atomic mass is 9.92. The van der Waals surface area contributed by atoms with Crippen molar-refractivity contribution in [2.45, 2.75) is 58.8 Å². The van der Waals surface area contributed by atoms with Crippen LogP contribution < -0.4 is 9.47 Å². The molecule has 0 aliphatic carbocycles. The van der Waals surface area contributed by atoms with Crippen molar-refractivity contribution in [1.29, 1.82) is 0 Å². The molecule has 6 nitrogen and oxygen atoms in total. The Bertz CT molecular complexity index is 1360. The number of aryl methyl sites for hydroxylation is 1. The summed E-state index contributed by atoms with van der Waals surface area (Å²) in [6, 6.07) is 24.4. The summed E-state index contributed by atoms with van der Waals surface area (Å²) in [5, 5.41) is 13.7. The van der Waals surface area contributed by atoms with E-state index in [0.29, 0.717) is 31.1 Å². The van der Waals surface area contributed by atoms with E-state index in [2.05, 4.69) is 26.8 Å². The second-order valence-corrected chi connectivity index (χ2v) is 10.3. The molecule has 1 N–H and O–H groups in total. The molecule has 0 amide bonds. The number of benzene rings is 3. The van der Waals surface area contributed by atoms with E-state index in [-0.39, 0.29) is 18.3 Å². The first-order valence-electron chi connectivity index (χ1n) is 12.6. The van der Waals surface area contributed by atoms with E-state index in [9.17, 15) is 9.18 Å². The molecular formula is C31H33FN2O4. The molecule has 7 heteroatoms. The van der Waals surface area contributed by atoms with Crippen LogP contribution in [0.15, 0.2) is 78.9 Å². The van der Waals surface area contributed by atoms with Gasteiger partial charge in [-0.1, -0.05) is 69.3 Å². The molecule has 0 saturated heterocycles. The third-order valence-electron chi connectivity index (χ3n) is 6.16. The first kappa shape index (κ1) is 26.9. The van der Waals surface area contributed by atoms with Crippen molar-refractivity contribution in [2.24, 2.45) is 0 Å². The van der Waals surface area contributed by atoms with Gasteiger partial charge < -0.3 is 14.6 Å². The highest BCUT2D eigenvalue weighted by atomic mass is 19.1. The molecule has 0 saturated carbocycles. The van der Waals surface area contributed by atoms with Gasteiger partial charge in [0.25, 0.3) is 0 Å². The fraction of sp³-hybridized carbons (Fsp3) is 0.290. The molecular weight excluding hydrogens is 483 g/mol. The molecule has 4 rings (SSSR count). The number of para-hydroxylation sites is 1. The number of rotatable bonds is 11. The van der Waals surface area contributed by atoms with E-state index in [4.69, 9.17) is 19.7 Å². The van der Waals surface area contributed by atoms with Gasteiger partial charge in [-0.25, -0.2) is 4.39 Å². The van der Waals surface area contributed by atoms with Crippen LogP contribution in [0.4, 0.5) is 4.39 Å². The zero-order chi connectivity index (χ0) is 27.1. The SMILES string of the molecule is CC(C)(C)c1cc(COc2ccccc2)n(Cc2ccc(COc3ccc(CCC(=O)O)c(F)c3)cc2)n1. The van der Waals surface area contributed by atoms with Crippen LogP contribution in [-0.4, -0.2) is 20.9 Å². The number of carboxylic acid groups (broad SMARTS) is 1. The largest absolute Gasteiger partial charge is 0.489 e. The van der Waals surface area contributed by atoms with Gasteiger partial charge >= 0.3 is 5.97 Å². The number of carboxylic acids is 1. The minimum absolute atomic E-state index is 0.0815. The van der Waals surface area contributed by atoms with E-state index < -0.39 is 11.8 Å². The molecule has 4 aromatic rings. The van der Waals surface area contributed by atoms with E-state index in [1.165, 1.54) is 6.07 Å². The number of carbonyl (C=O) groups is 1. The average Bonchev–Trinajstić information content (AvgIpc) is 3.30. The Balaban J connectivity index is 1.39. The second-order valence-electron chi connectivity index (χ2n) is 10.3. The van der Waals surface area contributed by atoms with Crippen LogP contribution in [0.3, 0.4) is 0 Å². The summed E-state index contributed by atoms with van der Waals surface area (Å²) in [6.07, 6.45) is 0.0393. The number of aliphatic carboxylic acids is 1. The van der Waals surface area contributed by atoms with Crippen LogP contribution in [0.1, 0.15) is 55.3 Å². The first-order chi connectivity index (χ1) is 18.2. The second kappa shape index (κ2) is 11.9. The third-order valence-corrected chi connectivity index (χ3v) is 6.16. The molecule has 0 spiro atoms. The van der Waals surface area contributed by atoms with Gasteiger partial charge in [0.15, 0.2) is 0 Å². The summed E-state index contributed by atoms with van der Waals surface area (Å²) in [4.78, 5) is 10.7. The summed E-state index contributed by atoms with van der Waals surface area (Å²) in [6.45, 7) is 7.75. The van der Waals surface area contributed by atoms with Crippen molar-refractivity contribution in [3.05, 3.63) is 113 Å². The lowest BCUT2D eigenvalue weighted by molar-refractivity contribution is -0.136. The topological polar surface area (TPSA) is 73.6 Å². The zero-order valence-electron chi connectivity index (χ0n) is 22.0. The fourth-order valence-corrected chi connectivity index (χ4v) is 3.89. The lowest BCUT2D eigenvalue weighted by Crippen LogP contribution is -2.13. The highest BCUT2D eigenvalue weighted by Gasteiger charge is 2.20. The number of halogens is 1. The fourth-order valence-electron chi connectivity index (χ4n) is 3.89. The van der Waals surface area contributed by atoms with Crippen LogP contribution in [0, 0.1) is 5.82 Å². The summed E-state index contributed by atoms with van der Waals surface area (Å²) in [5.74, 6) is -0.191. The molecule has 0 radical (unpaired) electrons. The van der Waals surface area contributed by atoms with E-state index in [1.54, 1.807) is 12.1 Å². The molecule has 1 heterocycles. The standard InChI is InChI=1S/C31H33FN2O4/c1-31(2,3)29-17-25(21-38-26-7-5-4-6-8-26)34(33-29)19-22-9-11-23(12-10-22)20-37-27-15-13-24(28(32)18-27)14-16-30(35)36/h4-13,15,17-18H,14,16,19-21H2,1-3H3,(H,35,36). The lowest BCUT2D eigenvalue weighted by Gasteiger charge is -2.14. The Morgan fingerprint density at radius 2 is 1.58 bits per heavy atom. The molecule has 38 heavy (non-hydrogen) atoms. The van der Waals surface area contributed by atoms with Crippen LogP contribution >= 0.6 is 0 Å². The predicted octanol–water partition coefficient (Wildman–Crippen LogP) is 6.54. The minimum atomic E-state index is -0.952. The maximum Gasteiger partial charge on any atom is 0.303 e. The van der Waals surface area contributed by atoms with Gasteiger partial charge in [0.2, 0.25) is 0 Å². The number of nitrogens with zero attached hydrogens (tertiary/aromatic N) is 2. The molecule has 198 valence electrons. The summed E-state index contributed by atoms with van der Waals surface area (Å²) in [7, 11) is 0. The quantitative estimate of drug-likeness (QED) is 0.245. The van der Waals surface area contributed by atoms with Crippen molar-refractivity contribution in [1.82, 2.24) is 9.78 Å². The predicted molar refractivity (Wildman–Crippen MR) is 144 cm³/mol. The molecule has 3 aromatic carbocycles. The third kappa shape index (κ3) is 7.44. The number of aromatic nitrogens is 2. The average molecular weight is 517 g/mol. The van der Waals surface area contributed by atoms with Crippen molar-refractivity contribution < 1.29 is 23.8 Å². The molecule has 0 aliphatic rings. The van der Waals surface area contributed by atoms with Gasteiger partial charge in [-0.3, -0.25) is 9.48 Å². The molecule has 0 bridgehead atoms. The maximum absolute atomic E-state index is 14.3. The van der Waals surface area contributed by atoms with E-state index in [1.807, 2.05) is 59.3 Å². The van der Waals surface area contributed by atoms with Crippen molar-refractivity contribution in [2.75, 3.05) is 0 Å². The first-order valence-corrected chi connectivity index (χ1v) is 12.6. The van der Waals surface area contributed by atoms with Crippen molar-refractivity contribution >= 4 is 5.97 Å². The minimum Gasteiger partial charge on any atom is -0.489 e. The Labute approximate surface area is 222 Å². The van der Waals surface area contributed by atoms with Gasteiger partial charge in [0.1, 0.15) is 30.5 Å². The highest BCUT2D eigenvalue weighted by molar-refractivity contribution is 5.67. The monoisotopic (exact) mass is 516 g/mol. The van der Waals surface area contributed by atoms with E-state index >= 15 is 0 Å². The maximum atomic E-state index is 14.3. The Hall–Kier alpha value is -4.13. The molecule has 1 aromatic heterocycles. The van der Waals surface area contributed by atoms with E-state index in [0.717, 1.165) is 28.3 Å². The molecule has 0 fully saturated rings. The Morgan fingerprint density at radius 3 is 2.24 bits per heavy atom. The summed E-state index contributed by atoms with van der Waals surface area (Å²) >= 11 is 0. The summed E-state index contributed by atoms with van der Waals surface area (Å²) < 4.78 is 28.0. The Morgan fingerprint density at radius 1 is 0.895 bits per heavy atom. The van der Waals surface area contributed by atoms with Gasteiger partial charge in [-0.05, 0) is 47.4 Å². The van der Waals surface area contributed by atoms with Gasteiger partial charge in [-0.15, -0.1) is 0 Å². The molecule has 0 aliphatic heterocycles. The number of ether oxygens (including phenoxy) is 2. The zero-order valence-corrected chi connectivity index (χ0v) is 22.0. The summed E-state index contributed by atoms with van der Waals surface area (Å²) in [5.41, 5.74) is 4.34. The smallest absolute Gasteiger partial charge is 0.303 e. The van der Waals surface area contributed by atoms with Gasteiger partial charge in [0, 0.05) is 17.9 Å². The number of hydrogen-bond donors (Lipinski definition) is 1. The van der Waals surface area contributed by atoms with Crippen molar-refractivity contribution in [3.8, 4) is 11.5 Å². The van der Waals surface area contributed by atoms with Crippen LogP contribution in [0.5, 0.6) is 11.5 Å². The molecule has 0 atom stereocenters. The van der Waals surface area contributed by atoms with Gasteiger partial charge in [-0.2, -0.15) is 5.10 Å². The normalized spacial score (nSPS) is 11.4. The highest BCUT2D eigenvalue weighted by Crippen LogP contribution is 2.24. The van der Waals surface area contributed by atoms with Crippen LogP contribution in [0.25, 0.3) is 0 Å². The van der Waals surface area contributed by atoms with Gasteiger partial charge in [0.05, 0.1) is 17.9 Å². The Kier molecular flexibility index (Phi) is 8.46. The van der Waals surface area contributed by atoms with Crippen molar-refractivity contribution in [3.63, 3.8) is 0 Å². The van der Waals surface area contributed by atoms with Crippen LogP contribution in [-0.2, 0) is 36.4 Å². The van der Waals surface area contributed by atoms with Crippen LogP contribution in [0.2, 0.25) is 0 Å². The number of hydrogen-bond acceptors (Lipinski definition) is 4. The molecule has 0 unspecified atom stereocenters.